The fourth-order valence-corrected chi connectivity index (χ4v) is 3.74. The number of fused-ring (bicyclic) bond motifs is 1. The average Bonchev–Trinajstić information content (AvgIpc) is 3.10. The Morgan fingerprint density at radius 3 is 2.59 bits per heavy atom. The van der Waals surface area contributed by atoms with Crippen LogP contribution in [0.15, 0.2) is 59.8 Å². The monoisotopic (exact) mass is 371 g/mol. The molecule has 4 rings (SSSR count). The van der Waals surface area contributed by atoms with Gasteiger partial charge in [0.25, 0.3) is 5.78 Å². The van der Waals surface area contributed by atoms with Gasteiger partial charge in [0.15, 0.2) is 0 Å². The molecule has 0 saturated carbocycles. The van der Waals surface area contributed by atoms with Crippen LogP contribution in [0.5, 0.6) is 0 Å². The predicted octanol–water partition coefficient (Wildman–Crippen LogP) is 4.57. The summed E-state index contributed by atoms with van der Waals surface area (Å²) in [5.41, 5.74) is 5.83. The standard InChI is InChI=1S/C21H17N5S/c1-14-11-15(2)26-20(23-14)24-21(25-26)27-13-16-7-9-17(10-8-16)19-6-4-3-5-18(19)12-22/h3-11H,13H2,1-2H3. The van der Waals surface area contributed by atoms with Crippen molar-refractivity contribution >= 4 is 17.5 Å². The van der Waals surface area contributed by atoms with Crippen molar-refractivity contribution in [3.05, 3.63) is 77.1 Å². The van der Waals surface area contributed by atoms with E-state index < -0.39 is 0 Å². The molecule has 0 saturated heterocycles. The second-order valence-electron chi connectivity index (χ2n) is 6.29. The van der Waals surface area contributed by atoms with Crippen LogP contribution in [-0.4, -0.2) is 19.6 Å². The lowest BCUT2D eigenvalue weighted by Crippen LogP contribution is -1.97. The summed E-state index contributed by atoms with van der Waals surface area (Å²) in [6.45, 7) is 3.96. The van der Waals surface area contributed by atoms with E-state index in [0.29, 0.717) is 11.3 Å². The number of benzene rings is 2. The molecule has 0 spiro atoms. The minimum Gasteiger partial charge on any atom is -0.216 e. The Morgan fingerprint density at radius 1 is 1.04 bits per heavy atom. The summed E-state index contributed by atoms with van der Waals surface area (Å²) in [4.78, 5) is 8.93. The lowest BCUT2D eigenvalue weighted by molar-refractivity contribution is 0.843. The molecule has 27 heavy (non-hydrogen) atoms. The highest BCUT2D eigenvalue weighted by molar-refractivity contribution is 7.98. The van der Waals surface area contributed by atoms with E-state index in [0.717, 1.165) is 33.4 Å². The molecule has 0 aliphatic rings. The molecule has 4 aromatic rings. The number of nitrogens with zero attached hydrogens (tertiary/aromatic N) is 5. The minimum absolute atomic E-state index is 0.637. The van der Waals surface area contributed by atoms with Crippen LogP contribution in [0.2, 0.25) is 0 Å². The number of aromatic nitrogens is 4. The molecule has 0 fully saturated rings. The summed E-state index contributed by atoms with van der Waals surface area (Å²) in [5.74, 6) is 1.41. The molecule has 2 aromatic heterocycles. The molecule has 132 valence electrons. The van der Waals surface area contributed by atoms with Crippen molar-refractivity contribution in [2.24, 2.45) is 0 Å². The van der Waals surface area contributed by atoms with E-state index in [9.17, 15) is 5.26 Å². The van der Waals surface area contributed by atoms with Crippen LogP contribution in [0.4, 0.5) is 0 Å². The molecule has 0 bridgehead atoms. The third kappa shape index (κ3) is 3.55. The van der Waals surface area contributed by atoms with E-state index in [4.69, 9.17) is 0 Å². The highest BCUT2D eigenvalue weighted by Gasteiger charge is 2.09. The van der Waals surface area contributed by atoms with Gasteiger partial charge in [0, 0.05) is 17.1 Å². The predicted molar refractivity (Wildman–Crippen MR) is 106 cm³/mol. The topological polar surface area (TPSA) is 66.9 Å². The molecule has 0 atom stereocenters. The highest BCUT2D eigenvalue weighted by Crippen LogP contribution is 2.26. The normalized spacial score (nSPS) is 10.9. The van der Waals surface area contributed by atoms with Gasteiger partial charge in [-0.05, 0) is 42.7 Å². The number of thioether (sulfide) groups is 1. The number of aryl methyl sites for hydroxylation is 2. The Bertz CT molecular complexity index is 1160. The Balaban J connectivity index is 1.51. The zero-order valence-electron chi connectivity index (χ0n) is 15.0. The SMILES string of the molecule is Cc1cc(C)n2nc(SCc3ccc(-c4ccccc4C#N)cc3)nc2n1. The van der Waals surface area contributed by atoms with Gasteiger partial charge >= 0.3 is 0 Å². The van der Waals surface area contributed by atoms with Crippen molar-refractivity contribution in [2.75, 3.05) is 0 Å². The first-order valence-corrected chi connectivity index (χ1v) is 9.55. The molecule has 0 N–H and O–H groups in total. The van der Waals surface area contributed by atoms with E-state index in [-0.39, 0.29) is 0 Å². The van der Waals surface area contributed by atoms with Crippen LogP contribution in [-0.2, 0) is 5.75 Å². The molecule has 0 unspecified atom stereocenters. The zero-order chi connectivity index (χ0) is 18.8. The lowest BCUT2D eigenvalue weighted by Gasteiger charge is -2.05. The van der Waals surface area contributed by atoms with Crippen molar-refractivity contribution in [1.29, 1.82) is 5.26 Å². The van der Waals surface area contributed by atoms with E-state index >= 15 is 0 Å². The van der Waals surface area contributed by atoms with Gasteiger partial charge < -0.3 is 0 Å². The fraction of sp³-hybridized carbons (Fsp3) is 0.143. The maximum absolute atomic E-state index is 9.27. The molecule has 0 radical (unpaired) electrons. The third-order valence-electron chi connectivity index (χ3n) is 4.28. The summed E-state index contributed by atoms with van der Waals surface area (Å²) in [7, 11) is 0. The molecule has 2 aromatic carbocycles. The van der Waals surface area contributed by atoms with Crippen molar-refractivity contribution in [3.63, 3.8) is 0 Å². The van der Waals surface area contributed by atoms with Crippen molar-refractivity contribution in [3.8, 4) is 17.2 Å². The minimum atomic E-state index is 0.637. The van der Waals surface area contributed by atoms with E-state index in [1.165, 1.54) is 5.56 Å². The van der Waals surface area contributed by atoms with Crippen LogP contribution >= 0.6 is 11.8 Å². The molecule has 6 heteroatoms. The number of hydrogen-bond acceptors (Lipinski definition) is 5. The van der Waals surface area contributed by atoms with Crippen LogP contribution in [0, 0.1) is 25.2 Å². The average molecular weight is 371 g/mol. The number of nitriles is 1. The fourth-order valence-electron chi connectivity index (χ4n) is 2.97. The summed E-state index contributed by atoms with van der Waals surface area (Å²) in [5, 5.41) is 14.5. The van der Waals surface area contributed by atoms with E-state index in [1.807, 2.05) is 44.2 Å². The summed E-state index contributed by atoms with van der Waals surface area (Å²) in [6.07, 6.45) is 0. The van der Waals surface area contributed by atoms with Crippen LogP contribution in [0.1, 0.15) is 22.5 Å². The first-order valence-electron chi connectivity index (χ1n) is 8.56. The number of rotatable bonds is 4. The first-order chi connectivity index (χ1) is 13.1. The van der Waals surface area contributed by atoms with Crippen LogP contribution < -0.4 is 0 Å². The van der Waals surface area contributed by atoms with Crippen molar-refractivity contribution in [2.45, 2.75) is 24.8 Å². The summed E-state index contributed by atoms with van der Waals surface area (Å²) < 4.78 is 1.78. The van der Waals surface area contributed by atoms with Crippen molar-refractivity contribution < 1.29 is 0 Å². The Morgan fingerprint density at radius 2 is 1.81 bits per heavy atom. The molecule has 2 heterocycles. The van der Waals surface area contributed by atoms with Gasteiger partial charge in [0.2, 0.25) is 5.16 Å². The summed E-state index contributed by atoms with van der Waals surface area (Å²) >= 11 is 1.59. The van der Waals surface area contributed by atoms with E-state index in [2.05, 4.69) is 45.4 Å². The first kappa shape index (κ1) is 17.3. The third-order valence-corrected chi connectivity index (χ3v) is 5.19. The summed E-state index contributed by atoms with van der Waals surface area (Å²) in [6, 6.07) is 20.2. The van der Waals surface area contributed by atoms with Gasteiger partial charge in [-0.3, -0.25) is 0 Å². The molecule has 0 aliphatic carbocycles. The Labute approximate surface area is 161 Å². The molecule has 0 amide bonds. The molecular weight excluding hydrogens is 354 g/mol. The second kappa shape index (κ2) is 7.22. The molecule has 0 aliphatic heterocycles. The van der Waals surface area contributed by atoms with Gasteiger partial charge in [-0.2, -0.15) is 10.2 Å². The molecule has 5 nitrogen and oxygen atoms in total. The van der Waals surface area contributed by atoms with Gasteiger partial charge in [-0.25, -0.2) is 9.50 Å². The Hall–Kier alpha value is -3.17. The van der Waals surface area contributed by atoms with Crippen LogP contribution in [0.3, 0.4) is 0 Å². The smallest absolute Gasteiger partial charge is 0.216 e. The zero-order valence-corrected chi connectivity index (χ0v) is 15.9. The van der Waals surface area contributed by atoms with E-state index in [1.54, 1.807) is 16.3 Å². The highest BCUT2D eigenvalue weighted by atomic mass is 32.2. The number of hydrogen-bond donors (Lipinski definition) is 0. The van der Waals surface area contributed by atoms with Crippen LogP contribution in [0.25, 0.3) is 16.9 Å². The largest absolute Gasteiger partial charge is 0.253 e. The van der Waals surface area contributed by atoms with Gasteiger partial charge in [-0.15, -0.1) is 5.10 Å². The molecular formula is C21H17N5S. The van der Waals surface area contributed by atoms with Crippen molar-refractivity contribution in [1.82, 2.24) is 19.6 Å². The lowest BCUT2D eigenvalue weighted by atomic mass is 10.00. The Kier molecular flexibility index (Phi) is 4.61. The van der Waals surface area contributed by atoms with Gasteiger partial charge in [-0.1, -0.05) is 54.2 Å². The quantitative estimate of drug-likeness (QED) is 0.492. The maximum atomic E-state index is 9.27. The van der Waals surface area contributed by atoms with Gasteiger partial charge in [0.1, 0.15) is 0 Å². The van der Waals surface area contributed by atoms with Gasteiger partial charge in [0.05, 0.1) is 11.6 Å². The maximum Gasteiger partial charge on any atom is 0.253 e. The second-order valence-corrected chi connectivity index (χ2v) is 7.23.